The second-order valence-electron chi connectivity index (χ2n) is 6.80. The highest BCUT2D eigenvalue weighted by Gasteiger charge is 2.15. The van der Waals surface area contributed by atoms with Crippen molar-refractivity contribution in [1.29, 1.82) is 0 Å². The van der Waals surface area contributed by atoms with Gasteiger partial charge < -0.3 is 5.32 Å². The van der Waals surface area contributed by atoms with Crippen LogP contribution < -0.4 is 10.7 Å². The van der Waals surface area contributed by atoms with Crippen LogP contribution in [0.3, 0.4) is 0 Å². The number of nitrogens with one attached hydrogen (secondary N) is 2. The fourth-order valence-electron chi connectivity index (χ4n) is 2.78. The minimum atomic E-state index is -0.420. The van der Waals surface area contributed by atoms with Gasteiger partial charge >= 0.3 is 0 Å². The van der Waals surface area contributed by atoms with E-state index in [4.69, 9.17) is 0 Å². The van der Waals surface area contributed by atoms with Crippen molar-refractivity contribution < 1.29 is 9.59 Å². The van der Waals surface area contributed by atoms with E-state index in [0.29, 0.717) is 16.8 Å². The number of hydrazone groups is 1. The summed E-state index contributed by atoms with van der Waals surface area (Å²) in [6.45, 7) is 4.06. The Morgan fingerprint density at radius 3 is 2.33 bits per heavy atom. The molecule has 0 saturated heterocycles. The molecule has 0 fully saturated rings. The lowest BCUT2D eigenvalue weighted by Crippen LogP contribution is -2.21. The highest BCUT2D eigenvalue weighted by atomic mass is 79.9. The summed E-state index contributed by atoms with van der Waals surface area (Å²) in [7, 11) is 0. The summed E-state index contributed by atoms with van der Waals surface area (Å²) >= 11 is 3.37. The van der Waals surface area contributed by atoms with Gasteiger partial charge in [-0.3, -0.25) is 9.59 Å². The number of hydrogen-bond donors (Lipinski definition) is 2. The van der Waals surface area contributed by atoms with Gasteiger partial charge in [0, 0.05) is 10.0 Å². The Bertz CT molecular complexity index is 1070. The molecular formula is C24H22BrN3O2. The third kappa shape index (κ3) is 5.64. The first kappa shape index (κ1) is 21.5. The van der Waals surface area contributed by atoms with Gasteiger partial charge in [-0.15, -0.1) is 0 Å². The van der Waals surface area contributed by atoms with Gasteiger partial charge in [-0.1, -0.05) is 64.8 Å². The molecule has 2 amide bonds. The summed E-state index contributed by atoms with van der Waals surface area (Å²) in [5.74, 6) is -0.700. The molecule has 0 heterocycles. The van der Waals surface area contributed by atoms with Crippen LogP contribution in [0, 0.1) is 6.92 Å². The van der Waals surface area contributed by atoms with Crippen molar-refractivity contribution in [3.05, 3.63) is 99.0 Å². The standard InChI is InChI=1S/C24H22BrN3O2/c1-3-17-8-10-19(11-9-17)23(29)27-22-13-12-20(25)14-21(22)24(30)28-26-15-18-6-4-16(2)5-7-18/h4-15H,3H2,1-2H3,(H,27,29)(H,28,30). The highest BCUT2D eigenvalue weighted by molar-refractivity contribution is 9.10. The molecule has 0 aliphatic rings. The largest absolute Gasteiger partial charge is 0.321 e. The summed E-state index contributed by atoms with van der Waals surface area (Å²) in [6.07, 6.45) is 2.48. The SMILES string of the molecule is CCc1ccc(C(=O)Nc2ccc(Br)cc2C(=O)NN=Cc2ccc(C)cc2)cc1. The van der Waals surface area contributed by atoms with Crippen LogP contribution in [-0.2, 0) is 6.42 Å². The van der Waals surface area contributed by atoms with E-state index in [0.717, 1.165) is 27.6 Å². The van der Waals surface area contributed by atoms with E-state index in [1.165, 1.54) is 0 Å². The normalized spacial score (nSPS) is 10.8. The lowest BCUT2D eigenvalue weighted by atomic mass is 10.1. The Morgan fingerprint density at radius 1 is 0.967 bits per heavy atom. The van der Waals surface area contributed by atoms with E-state index in [1.54, 1.807) is 36.5 Å². The van der Waals surface area contributed by atoms with Gasteiger partial charge in [0.05, 0.1) is 17.5 Å². The first-order valence-corrected chi connectivity index (χ1v) is 10.4. The summed E-state index contributed by atoms with van der Waals surface area (Å²) in [5, 5.41) is 6.84. The average Bonchev–Trinajstić information content (AvgIpc) is 2.76. The Balaban J connectivity index is 1.74. The van der Waals surface area contributed by atoms with E-state index in [2.05, 4.69) is 38.7 Å². The molecule has 3 aromatic carbocycles. The minimum Gasteiger partial charge on any atom is -0.321 e. The number of halogens is 1. The van der Waals surface area contributed by atoms with E-state index in [9.17, 15) is 9.59 Å². The van der Waals surface area contributed by atoms with Crippen LogP contribution in [0.4, 0.5) is 5.69 Å². The molecule has 152 valence electrons. The maximum Gasteiger partial charge on any atom is 0.273 e. The van der Waals surface area contributed by atoms with E-state index in [-0.39, 0.29) is 5.91 Å². The maximum absolute atomic E-state index is 12.7. The molecule has 0 unspecified atom stereocenters. The van der Waals surface area contributed by atoms with Crippen LogP contribution in [-0.4, -0.2) is 18.0 Å². The topological polar surface area (TPSA) is 70.6 Å². The van der Waals surface area contributed by atoms with E-state index >= 15 is 0 Å². The zero-order chi connectivity index (χ0) is 21.5. The lowest BCUT2D eigenvalue weighted by Gasteiger charge is -2.11. The second-order valence-corrected chi connectivity index (χ2v) is 7.72. The van der Waals surface area contributed by atoms with E-state index in [1.807, 2.05) is 43.3 Å². The van der Waals surface area contributed by atoms with Crippen molar-refractivity contribution in [1.82, 2.24) is 5.43 Å². The quantitative estimate of drug-likeness (QED) is 0.382. The molecule has 3 aromatic rings. The third-order valence-electron chi connectivity index (χ3n) is 4.56. The minimum absolute atomic E-state index is 0.280. The summed E-state index contributed by atoms with van der Waals surface area (Å²) in [4.78, 5) is 25.3. The maximum atomic E-state index is 12.7. The Labute approximate surface area is 184 Å². The lowest BCUT2D eigenvalue weighted by molar-refractivity contribution is 0.0956. The van der Waals surface area contributed by atoms with Crippen molar-refractivity contribution in [2.45, 2.75) is 20.3 Å². The number of anilines is 1. The third-order valence-corrected chi connectivity index (χ3v) is 5.05. The monoisotopic (exact) mass is 463 g/mol. The zero-order valence-corrected chi connectivity index (χ0v) is 18.4. The molecular weight excluding hydrogens is 442 g/mol. The molecule has 30 heavy (non-hydrogen) atoms. The smallest absolute Gasteiger partial charge is 0.273 e. The average molecular weight is 464 g/mol. The molecule has 0 aliphatic heterocycles. The first-order valence-electron chi connectivity index (χ1n) is 9.56. The van der Waals surface area contributed by atoms with Crippen LogP contribution in [0.25, 0.3) is 0 Å². The molecule has 0 bridgehead atoms. The number of rotatable bonds is 6. The fourth-order valence-corrected chi connectivity index (χ4v) is 3.14. The first-order chi connectivity index (χ1) is 14.5. The number of amides is 2. The van der Waals surface area contributed by atoms with Crippen LogP contribution in [0.5, 0.6) is 0 Å². The van der Waals surface area contributed by atoms with Gasteiger partial charge in [-0.05, 0) is 54.8 Å². The summed E-state index contributed by atoms with van der Waals surface area (Å²) < 4.78 is 0.723. The van der Waals surface area contributed by atoms with Crippen LogP contribution in [0.2, 0.25) is 0 Å². The molecule has 0 spiro atoms. The molecule has 2 N–H and O–H groups in total. The number of carbonyl (C=O) groups is 2. The van der Waals surface area contributed by atoms with Crippen LogP contribution >= 0.6 is 15.9 Å². The van der Waals surface area contributed by atoms with Gasteiger partial charge in [-0.25, -0.2) is 5.43 Å². The number of benzene rings is 3. The fraction of sp³-hybridized carbons (Fsp3) is 0.125. The van der Waals surface area contributed by atoms with Crippen LogP contribution in [0.15, 0.2) is 76.3 Å². The highest BCUT2D eigenvalue weighted by Crippen LogP contribution is 2.22. The second kappa shape index (κ2) is 9.98. The van der Waals surface area contributed by atoms with Gasteiger partial charge in [-0.2, -0.15) is 5.10 Å². The van der Waals surface area contributed by atoms with Crippen molar-refractivity contribution in [2.75, 3.05) is 5.32 Å². The van der Waals surface area contributed by atoms with E-state index < -0.39 is 5.91 Å². The Morgan fingerprint density at radius 2 is 1.67 bits per heavy atom. The molecule has 0 aromatic heterocycles. The van der Waals surface area contributed by atoms with Gasteiger partial charge in [0.15, 0.2) is 0 Å². The number of aryl methyl sites for hydroxylation is 2. The molecule has 3 rings (SSSR count). The summed E-state index contributed by atoms with van der Waals surface area (Å²) in [5.41, 5.74) is 6.94. The molecule has 0 saturated carbocycles. The molecule has 5 nitrogen and oxygen atoms in total. The molecule has 0 radical (unpaired) electrons. The number of nitrogens with zero attached hydrogens (tertiary/aromatic N) is 1. The Kier molecular flexibility index (Phi) is 7.14. The van der Waals surface area contributed by atoms with Gasteiger partial charge in [0.2, 0.25) is 0 Å². The molecule has 0 atom stereocenters. The number of hydrogen-bond acceptors (Lipinski definition) is 3. The van der Waals surface area contributed by atoms with Crippen molar-refractivity contribution in [3.8, 4) is 0 Å². The summed E-state index contributed by atoms with van der Waals surface area (Å²) in [6, 6.07) is 20.3. The van der Waals surface area contributed by atoms with Crippen molar-refractivity contribution in [3.63, 3.8) is 0 Å². The molecule has 6 heteroatoms. The van der Waals surface area contributed by atoms with Crippen molar-refractivity contribution >= 4 is 39.6 Å². The van der Waals surface area contributed by atoms with Crippen molar-refractivity contribution in [2.24, 2.45) is 5.10 Å². The van der Waals surface area contributed by atoms with Crippen LogP contribution in [0.1, 0.15) is 44.3 Å². The van der Waals surface area contributed by atoms with Gasteiger partial charge in [0.25, 0.3) is 11.8 Å². The predicted molar refractivity (Wildman–Crippen MR) is 124 cm³/mol. The Hall–Kier alpha value is -3.25. The zero-order valence-electron chi connectivity index (χ0n) is 16.8. The number of carbonyl (C=O) groups excluding carboxylic acids is 2. The van der Waals surface area contributed by atoms with Gasteiger partial charge in [0.1, 0.15) is 0 Å². The molecule has 0 aliphatic carbocycles. The predicted octanol–water partition coefficient (Wildman–Crippen LogP) is 5.34.